The average molecular weight is 265 g/mol. The summed E-state index contributed by atoms with van der Waals surface area (Å²) in [6.45, 7) is 2.11. The lowest BCUT2D eigenvalue weighted by atomic mass is 9.99. The van der Waals surface area contributed by atoms with Gasteiger partial charge in [-0.3, -0.25) is 0 Å². The minimum absolute atomic E-state index is 0.257. The first kappa shape index (κ1) is 13.8. The van der Waals surface area contributed by atoms with E-state index < -0.39 is 11.8 Å². The second-order valence-electron chi connectivity index (χ2n) is 5.16. The number of carbonyl (C=O) groups excluding carboxylic acids is 1. The Kier molecular flexibility index (Phi) is 4.40. The van der Waals surface area contributed by atoms with Crippen LogP contribution in [0, 0.1) is 11.7 Å². The van der Waals surface area contributed by atoms with Gasteiger partial charge in [-0.1, -0.05) is 12.8 Å². The van der Waals surface area contributed by atoms with E-state index in [-0.39, 0.29) is 11.6 Å². The third-order valence-electron chi connectivity index (χ3n) is 3.88. The molecule has 0 saturated heterocycles. The lowest BCUT2D eigenvalue weighted by molar-refractivity contribution is 0.0601. The Labute approximate surface area is 113 Å². The van der Waals surface area contributed by atoms with E-state index in [1.165, 1.54) is 44.9 Å². The van der Waals surface area contributed by atoms with E-state index in [9.17, 15) is 9.18 Å². The van der Waals surface area contributed by atoms with Crippen LogP contribution in [0.3, 0.4) is 0 Å². The number of rotatable bonds is 4. The number of esters is 1. The topological polar surface area (TPSA) is 38.3 Å². The summed E-state index contributed by atoms with van der Waals surface area (Å²) >= 11 is 0. The number of nitrogens with one attached hydrogen (secondary N) is 1. The number of ether oxygens (including phenoxy) is 1. The Bertz CT molecular complexity index is 455. The van der Waals surface area contributed by atoms with Crippen LogP contribution in [-0.2, 0) is 4.74 Å². The summed E-state index contributed by atoms with van der Waals surface area (Å²) in [4.78, 5) is 11.7. The molecule has 1 aliphatic rings. The summed E-state index contributed by atoms with van der Waals surface area (Å²) in [5, 5.41) is 3.33. The van der Waals surface area contributed by atoms with Gasteiger partial charge in [0.25, 0.3) is 0 Å². The largest absolute Gasteiger partial charge is 0.465 e. The summed E-state index contributed by atoms with van der Waals surface area (Å²) in [5.74, 6) is -0.323. The van der Waals surface area contributed by atoms with Gasteiger partial charge in [-0.05, 0) is 43.9 Å². The van der Waals surface area contributed by atoms with E-state index in [1.807, 2.05) is 0 Å². The van der Waals surface area contributed by atoms with Crippen LogP contribution in [0.5, 0.6) is 0 Å². The predicted molar refractivity (Wildman–Crippen MR) is 72.8 cm³/mol. The highest BCUT2D eigenvalue weighted by atomic mass is 19.1. The van der Waals surface area contributed by atoms with Crippen molar-refractivity contribution >= 4 is 11.7 Å². The van der Waals surface area contributed by atoms with Crippen molar-refractivity contribution in [3.63, 3.8) is 0 Å². The minimum Gasteiger partial charge on any atom is -0.465 e. The van der Waals surface area contributed by atoms with Crippen LogP contribution < -0.4 is 5.32 Å². The first-order valence-corrected chi connectivity index (χ1v) is 6.76. The maximum atomic E-state index is 13.2. The average Bonchev–Trinajstić information content (AvgIpc) is 2.94. The van der Waals surface area contributed by atoms with Crippen LogP contribution in [0.2, 0.25) is 0 Å². The molecule has 0 spiro atoms. The van der Waals surface area contributed by atoms with Gasteiger partial charge in [-0.15, -0.1) is 0 Å². The highest BCUT2D eigenvalue weighted by Gasteiger charge is 2.23. The highest BCUT2D eigenvalue weighted by Crippen LogP contribution is 2.30. The maximum Gasteiger partial charge on any atom is 0.340 e. The molecule has 0 radical (unpaired) electrons. The summed E-state index contributed by atoms with van der Waals surface area (Å²) in [6, 6.07) is 4.45. The smallest absolute Gasteiger partial charge is 0.340 e. The van der Waals surface area contributed by atoms with Gasteiger partial charge in [-0.25, -0.2) is 9.18 Å². The fourth-order valence-corrected chi connectivity index (χ4v) is 2.74. The molecule has 1 atom stereocenters. The number of benzene rings is 1. The number of hydrogen-bond donors (Lipinski definition) is 1. The monoisotopic (exact) mass is 265 g/mol. The standard InChI is InChI=1S/C15H20FNO2/c1-10(11-5-3-4-6-11)17-14-8-7-12(16)9-13(14)15(18)19-2/h7-11,17H,3-6H2,1-2H3. The van der Waals surface area contributed by atoms with Gasteiger partial charge in [0, 0.05) is 11.7 Å². The molecule has 1 aromatic rings. The lowest BCUT2D eigenvalue weighted by Crippen LogP contribution is -2.25. The van der Waals surface area contributed by atoms with Crippen molar-refractivity contribution in [3.8, 4) is 0 Å². The van der Waals surface area contributed by atoms with E-state index in [0.29, 0.717) is 11.6 Å². The molecule has 1 N–H and O–H groups in total. The fraction of sp³-hybridized carbons (Fsp3) is 0.533. The molecule has 1 aliphatic carbocycles. The molecule has 3 nitrogen and oxygen atoms in total. The van der Waals surface area contributed by atoms with Gasteiger partial charge in [-0.2, -0.15) is 0 Å². The number of carbonyl (C=O) groups is 1. The van der Waals surface area contributed by atoms with Crippen molar-refractivity contribution in [1.29, 1.82) is 0 Å². The molecule has 1 fully saturated rings. The number of anilines is 1. The third-order valence-corrected chi connectivity index (χ3v) is 3.88. The Balaban J connectivity index is 2.16. The van der Waals surface area contributed by atoms with E-state index in [1.54, 1.807) is 6.07 Å². The van der Waals surface area contributed by atoms with Gasteiger partial charge in [0.05, 0.1) is 12.7 Å². The minimum atomic E-state index is -0.513. The Morgan fingerprint density at radius 2 is 2.11 bits per heavy atom. The van der Waals surface area contributed by atoms with Gasteiger partial charge in [0.15, 0.2) is 0 Å². The van der Waals surface area contributed by atoms with E-state index in [4.69, 9.17) is 4.74 Å². The van der Waals surface area contributed by atoms with Crippen molar-refractivity contribution in [2.24, 2.45) is 5.92 Å². The normalized spacial score (nSPS) is 17.2. The van der Waals surface area contributed by atoms with Crippen molar-refractivity contribution in [2.45, 2.75) is 38.6 Å². The maximum absolute atomic E-state index is 13.2. The van der Waals surface area contributed by atoms with Gasteiger partial charge >= 0.3 is 5.97 Å². The molecule has 0 bridgehead atoms. The zero-order chi connectivity index (χ0) is 13.8. The van der Waals surface area contributed by atoms with E-state index in [0.717, 1.165) is 0 Å². The second kappa shape index (κ2) is 6.04. The number of halogens is 1. The first-order chi connectivity index (χ1) is 9.11. The Morgan fingerprint density at radius 1 is 1.42 bits per heavy atom. The van der Waals surface area contributed by atoms with Crippen molar-refractivity contribution in [1.82, 2.24) is 0 Å². The summed E-state index contributed by atoms with van der Waals surface area (Å²) in [6.07, 6.45) is 4.96. The molecule has 0 amide bonds. The highest BCUT2D eigenvalue weighted by molar-refractivity contribution is 5.95. The summed E-state index contributed by atoms with van der Waals surface area (Å²) < 4.78 is 17.9. The molecular weight excluding hydrogens is 245 g/mol. The van der Waals surface area contributed by atoms with Crippen LogP contribution in [0.15, 0.2) is 18.2 Å². The van der Waals surface area contributed by atoms with Crippen LogP contribution in [0.25, 0.3) is 0 Å². The first-order valence-electron chi connectivity index (χ1n) is 6.76. The Hall–Kier alpha value is -1.58. The molecule has 1 aromatic carbocycles. The van der Waals surface area contributed by atoms with Crippen molar-refractivity contribution < 1.29 is 13.9 Å². The molecule has 19 heavy (non-hydrogen) atoms. The Morgan fingerprint density at radius 3 is 2.74 bits per heavy atom. The molecule has 104 valence electrons. The molecule has 0 aliphatic heterocycles. The van der Waals surface area contributed by atoms with Crippen molar-refractivity contribution in [3.05, 3.63) is 29.6 Å². The van der Waals surface area contributed by atoms with Crippen molar-refractivity contribution in [2.75, 3.05) is 12.4 Å². The SMILES string of the molecule is COC(=O)c1cc(F)ccc1NC(C)C1CCCC1. The zero-order valence-electron chi connectivity index (χ0n) is 11.4. The van der Waals surface area contributed by atoms with Crippen LogP contribution in [-0.4, -0.2) is 19.1 Å². The lowest BCUT2D eigenvalue weighted by Gasteiger charge is -2.22. The molecule has 1 saturated carbocycles. The van der Waals surface area contributed by atoms with Crippen LogP contribution >= 0.6 is 0 Å². The fourth-order valence-electron chi connectivity index (χ4n) is 2.74. The molecule has 2 rings (SSSR count). The summed E-state index contributed by atoms with van der Waals surface area (Å²) in [5.41, 5.74) is 0.903. The molecule has 0 heterocycles. The second-order valence-corrected chi connectivity index (χ2v) is 5.16. The third kappa shape index (κ3) is 3.25. The molecule has 0 aromatic heterocycles. The van der Waals surface area contributed by atoms with E-state index in [2.05, 4.69) is 12.2 Å². The van der Waals surface area contributed by atoms with Crippen LogP contribution in [0.4, 0.5) is 10.1 Å². The number of hydrogen-bond acceptors (Lipinski definition) is 3. The van der Waals surface area contributed by atoms with Crippen LogP contribution in [0.1, 0.15) is 43.0 Å². The van der Waals surface area contributed by atoms with E-state index >= 15 is 0 Å². The van der Waals surface area contributed by atoms with Gasteiger partial charge in [0.2, 0.25) is 0 Å². The molecule has 4 heteroatoms. The zero-order valence-corrected chi connectivity index (χ0v) is 11.4. The predicted octanol–water partition coefficient (Wildman–Crippen LogP) is 3.60. The van der Waals surface area contributed by atoms with Gasteiger partial charge in [0.1, 0.15) is 5.82 Å². The summed E-state index contributed by atoms with van der Waals surface area (Å²) in [7, 11) is 1.30. The quantitative estimate of drug-likeness (QED) is 0.845. The molecular formula is C15H20FNO2. The van der Waals surface area contributed by atoms with Gasteiger partial charge < -0.3 is 10.1 Å². The number of methoxy groups -OCH3 is 1. The molecule has 1 unspecified atom stereocenters.